The summed E-state index contributed by atoms with van der Waals surface area (Å²) in [6, 6.07) is 1.21. The van der Waals surface area contributed by atoms with Gasteiger partial charge in [0.1, 0.15) is 16.5 Å². The quantitative estimate of drug-likeness (QED) is 0.838. The zero-order valence-electron chi connectivity index (χ0n) is 10.9. The van der Waals surface area contributed by atoms with Crippen molar-refractivity contribution in [2.24, 2.45) is 5.73 Å². The molecule has 0 amide bonds. The van der Waals surface area contributed by atoms with Gasteiger partial charge < -0.3 is 5.73 Å². The second kappa shape index (κ2) is 6.40. The van der Waals surface area contributed by atoms with Crippen molar-refractivity contribution in [1.82, 2.24) is 4.72 Å². The lowest BCUT2D eigenvalue weighted by Crippen LogP contribution is -2.37. The number of nitrogens with two attached hydrogens (primary N) is 1. The van der Waals surface area contributed by atoms with E-state index < -0.39 is 26.6 Å². The lowest BCUT2D eigenvalue weighted by molar-refractivity contribution is 0.530. The highest BCUT2D eigenvalue weighted by Crippen LogP contribution is 2.18. The Kier molecular flexibility index (Phi) is 5.39. The first-order valence-electron chi connectivity index (χ1n) is 5.98. The smallest absolute Gasteiger partial charge is 0.243 e. The lowest BCUT2D eigenvalue weighted by Gasteiger charge is -2.13. The normalized spacial score (nSPS) is 13.5. The van der Waals surface area contributed by atoms with Crippen molar-refractivity contribution in [1.29, 1.82) is 0 Å². The van der Waals surface area contributed by atoms with Gasteiger partial charge in [-0.05, 0) is 25.0 Å². The van der Waals surface area contributed by atoms with E-state index in [1.54, 1.807) is 0 Å². The van der Waals surface area contributed by atoms with Gasteiger partial charge in [-0.2, -0.15) is 0 Å². The molecule has 0 saturated heterocycles. The third-order valence-corrected chi connectivity index (χ3v) is 4.14. The van der Waals surface area contributed by atoms with E-state index in [4.69, 9.17) is 5.73 Å². The zero-order chi connectivity index (χ0) is 14.6. The van der Waals surface area contributed by atoms with Crippen LogP contribution in [0.4, 0.5) is 8.78 Å². The van der Waals surface area contributed by atoms with Crippen molar-refractivity contribution in [2.75, 3.05) is 6.54 Å². The number of sulfonamides is 1. The summed E-state index contributed by atoms with van der Waals surface area (Å²) in [7, 11) is -4.02. The molecule has 0 fully saturated rings. The van der Waals surface area contributed by atoms with Crippen LogP contribution in [0.5, 0.6) is 0 Å². The van der Waals surface area contributed by atoms with E-state index in [0.717, 1.165) is 12.5 Å². The van der Waals surface area contributed by atoms with E-state index in [1.165, 1.54) is 6.92 Å². The molecule has 7 heteroatoms. The van der Waals surface area contributed by atoms with Gasteiger partial charge in [-0.1, -0.05) is 13.3 Å². The van der Waals surface area contributed by atoms with E-state index in [-0.39, 0.29) is 18.2 Å². The first kappa shape index (κ1) is 16.0. The number of rotatable bonds is 6. The number of halogens is 2. The maximum Gasteiger partial charge on any atom is 0.243 e. The van der Waals surface area contributed by atoms with Crippen molar-refractivity contribution in [3.8, 4) is 0 Å². The van der Waals surface area contributed by atoms with Gasteiger partial charge in [0.15, 0.2) is 0 Å². The van der Waals surface area contributed by atoms with Gasteiger partial charge in [0.05, 0.1) is 0 Å². The molecule has 108 valence electrons. The Balaban J connectivity index is 2.92. The standard InChI is InChI=1S/C12H18F2N2O2S/c1-3-4-9(15)7-16-19(17,18)12-5-8(2)10(13)6-11(12)14/h5-6,9,16H,3-4,7,15H2,1-2H3. The van der Waals surface area contributed by atoms with Gasteiger partial charge in [-0.3, -0.25) is 0 Å². The summed E-state index contributed by atoms with van der Waals surface area (Å²) >= 11 is 0. The Labute approximate surface area is 112 Å². The molecule has 0 aliphatic rings. The minimum Gasteiger partial charge on any atom is -0.327 e. The Morgan fingerprint density at radius 1 is 1.32 bits per heavy atom. The summed E-state index contributed by atoms with van der Waals surface area (Å²) in [5.41, 5.74) is 5.75. The summed E-state index contributed by atoms with van der Waals surface area (Å²) in [4.78, 5) is -0.560. The first-order chi connectivity index (χ1) is 8.77. The molecule has 0 heterocycles. The Morgan fingerprint density at radius 2 is 1.95 bits per heavy atom. The Morgan fingerprint density at radius 3 is 2.53 bits per heavy atom. The number of aryl methyl sites for hydroxylation is 1. The van der Waals surface area contributed by atoms with Crippen molar-refractivity contribution >= 4 is 10.0 Å². The molecule has 4 nitrogen and oxygen atoms in total. The average molecular weight is 292 g/mol. The van der Waals surface area contributed by atoms with Crippen LogP contribution in [0.1, 0.15) is 25.3 Å². The van der Waals surface area contributed by atoms with Gasteiger partial charge >= 0.3 is 0 Å². The van der Waals surface area contributed by atoms with Gasteiger partial charge in [0, 0.05) is 18.7 Å². The summed E-state index contributed by atoms with van der Waals surface area (Å²) in [6.07, 6.45) is 1.49. The average Bonchev–Trinajstić information content (AvgIpc) is 2.31. The largest absolute Gasteiger partial charge is 0.327 e. The molecule has 1 rings (SSSR count). The van der Waals surface area contributed by atoms with Gasteiger partial charge in [-0.15, -0.1) is 0 Å². The molecular formula is C12H18F2N2O2S. The minimum atomic E-state index is -4.02. The predicted octanol–water partition coefficient (Wildman–Crippen LogP) is 1.68. The Hall–Kier alpha value is -1.05. The molecule has 0 radical (unpaired) electrons. The van der Waals surface area contributed by atoms with Crippen molar-refractivity contribution in [3.63, 3.8) is 0 Å². The summed E-state index contributed by atoms with van der Waals surface area (Å²) in [5.74, 6) is -1.89. The third-order valence-electron chi connectivity index (χ3n) is 2.70. The van der Waals surface area contributed by atoms with Crippen LogP contribution in [-0.4, -0.2) is 21.0 Å². The molecule has 1 aromatic carbocycles. The van der Waals surface area contributed by atoms with Crippen molar-refractivity contribution < 1.29 is 17.2 Å². The number of benzene rings is 1. The maximum atomic E-state index is 13.5. The van der Waals surface area contributed by atoms with Crippen LogP contribution in [0.15, 0.2) is 17.0 Å². The molecule has 0 bridgehead atoms. The van der Waals surface area contributed by atoms with Crippen LogP contribution >= 0.6 is 0 Å². The van der Waals surface area contributed by atoms with Crippen molar-refractivity contribution in [2.45, 2.75) is 37.6 Å². The molecule has 19 heavy (non-hydrogen) atoms. The van der Waals surface area contributed by atoms with Crippen LogP contribution in [0, 0.1) is 18.6 Å². The number of hydrogen-bond donors (Lipinski definition) is 2. The van der Waals surface area contributed by atoms with Crippen LogP contribution in [0.3, 0.4) is 0 Å². The second-order valence-corrected chi connectivity index (χ2v) is 6.17. The zero-order valence-corrected chi connectivity index (χ0v) is 11.7. The molecule has 0 spiro atoms. The van der Waals surface area contributed by atoms with Gasteiger partial charge in [0.2, 0.25) is 10.0 Å². The summed E-state index contributed by atoms with van der Waals surface area (Å²) in [5, 5.41) is 0. The van der Waals surface area contributed by atoms with Crippen LogP contribution in [0.25, 0.3) is 0 Å². The Bertz CT molecular complexity index is 547. The molecule has 0 aliphatic carbocycles. The minimum absolute atomic E-state index is 0.0199. The fourth-order valence-corrected chi connectivity index (χ4v) is 2.84. The molecule has 1 unspecified atom stereocenters. The SMILES string of the molecule is CCCC(N)CNS(=O)(=O)c1cc(C)c(F)cc1F. The first-order valence-corrected chi connectivity index (χ1v) is 7.47. The molecule has 1 atom stereocenters. The van der Waals surface area contributed by atoms with Gasteiger partial charge in [0.25, 0.3) is 0 Å². The molecule has 0 aliphatic heterocycles. The maximum absolute atomic E-state index is 13.5. The predicted molar refractivity (Wildman–Crippen MR) is 69.2 cm³/mol. The fraction of sp³-hybridized carbons (Fsp3) is 0.500. The molecule has 0 aromatic heterocycles. The van der Waals surface area contributed by atoms with Crippen molar-refractivity contribution in [3.05, 3.63) is 29.3 Å². The van der Waals surface area contributed by atoms with Crippen LogP contribution < -0.4 is 10.5 Å². The highest BCUT2D eigenvalue weighted by Gasteiger charge is 2.21. The lowest BCUT2D eigenvalue weighted by atomic mass is 10.2. The molecule has 0 saturated carbocycles. The monoisotopic (exact) mass is 292 g/mol. The van der Waals surface area contributed by atoms with Gasteiger partial charge in [-0.25, -0.2) is 21.9 Å². The molecular weight excluding hydrogens is 274 g/mol. The summed E-state index contributed by atoms with van der Waals surface area (Å²) in [6.45, 7) is 3.32. The highest BCUT2D eigenvalue weighted by atomic mass is 32.2. The fourth-order valence-electron chi connectivity index (χ4n) is 1.60. The van der Waals surface area contributed by atoms with Crippen LogP contribution in [-0.2, 0) is 10.0 Å². The molecule has 1 aromatic rings. The second-order valence-electron chi connectivity index (χ2n) is 4.43. The van der Waals surface area contributed by atoms with E-state index in [2.05, 4.69) is 4.72 Å². The van der Waals surface area contributed by atoms with E-state index in [0.29, 0.717) is 12.5 Å². The topological polar surface area (TPSA) is 72.2 Å². The third kappa shape index (κ3) is 4.22. The number of nitrogens with one attached hydrogen (secondary N) is 1. The number of hydrogen-bond acceptors (Lipinski definition) is 3. The van der Waals surface area contributed by atoms with E-state index >= 15 is 0 Å². The van der Waals surface area contributed by atoms with E-state index in [9.17, 15) is 17.2 Å². The summed E-state index contributed by atoms with van der Waals surface area (Å²) < 4.78 is 52.6. The van der Waals surface area contributed by atoms with Crippen LogP contribution in [0.2, 0.25) is 0 Å². The highest BCUT2D eigenvalue weighted by molar-refractivity contribution is 7.89. The van der Waals surface area contributed by atoms with E-state index in [1.807, 2.05) is 6.92 Å². The molecule has 3 N–H and O–H groups in total.